The number of nitrogens with zero attached hydrogens (tertiary/aromatic N) is 5. The Labute approximate surface area is 173 Å². The number of anilines is 3. The topological polar surface area (TPSA) is 108 Å². The van der Waals surface area contributed by atoms with Crippen LogP contribution >= 0.6 is 0 Å². The Bertz CT molecular complexity index is 1150. The Balaban J connectivity index is 1.71. The van der Waals surface area contributed by atoms with Crippen molar-refractivity contribution >= 4 is 34.1 Å². The zero-order valence-corrected chi connectivity index (χ0v) is 16.9. The van der Waals surface area contributed by atoms with Crippen LogP contribution in [0.15, 0.2) is 47.5 Å². The molecule has 2 aromatic heterocycles. The molecule has 1 aromatic carbocycles. The first-order valence-electron chi connectivity index (χ1n) is 9.67. The zero-order chi connectivity index (χ0) is 21.4. The molecule has 3 heterocycles. The van der Waals surface area contributed by atoms with E-state index in [-0.39, 0.29) is 10.9 Å². The number of benzene rings is 1. The first-order valence-corrected chi connectivity index (χ1v) is 9.67. The third kappa shape index (κ3) is 3.38. The molecule has 0 radical (unpaired) electrons. The summed E-state index contributed by atoms with van der Waals surface area (Å²) in [5, 5.41) is 11.4. The molecule has 1 fully saturated rings. The minimum Gasteiger partial charge on any atom is -0.477 e. The molecule has 0 aliphatic carbocycles. The Morgan fingerprint density at radius 2 is 1.83 bits per heavy atom. The fourth-order valence-electron chi connectivity index (χ4n) is 3.84. The second-order valence-corrected chi connectivity index (χ2v) is 7.46. The van der Waals surface area contributed by atoms with Crippen LogP contribution in [0.4, 0.5) is 17.2 Å². The zero-order valence-electron chi connectivity index (χ0n) is 16.9. The fourth-order valence-corrected chi connectivity index (χ4v) is 3.84. The molecule has 156 valence electrons. The Morgan fingerprint density at radius 1 is 1.13 bits per heavy atom. The summed E-state index contributed by atoms with van der Waals surface area (Å²) in [5.74, 6) is -0.308. The summed E-state index contributed by atoms with van der Waals surface area (Å²) in [7, 11) is 3.58. The van der Waals surface area contributed by atoms with Gasteiger partial charge in [0.2, 0.25) is 5.43 Å². The van der Waals surface area contributed by atoms with E-state index >= 15 is 0 Å². The molecule has 0 atom stereocenters. The smallest absolute Gasteiger partial charge is 0.341 e. The number of carboxylic acid groups (broad SMARTS) is 1. The molecule has 1 aliphatic rings. The van der Waals surface area contributed by atoms with Gasteiger partial charge in [0.15, 0.2) is 0 Å². The van der Waals surface area contributed by atoms with Crippen LogP contribution in [0.3, 0.4) is 0 Å². The summed E-state index contributed by atoms with van der Waals surface area (Å²) in [4.78, 5) is 33.0. The van der Waals surface area contributed by atoms with Crippen molar-refractivity contribution in [1.29, 1.82) is 0 Å². The minimum atomic E-state index is -1.26. The van der Waals surface area contributed by atoms with Crippen molar-refractivity contribution < 1.29 is 9.90 Å². The maximum absolute atomic E-state index is 12.7. The molecule has 0 bridgehead atoms. The lowest BCUT2D eigenvalue weighted by Gasteiger charge is -2.37. The maximum Gasteiger partial charge on any atom is 0.341 e. The van der Waals surface area contributed by atoms with E-state index in [1.807, 2.05) is 24.3 Å². The van der Waals surface area contributed by atoms with Crippen LogP contribution in [-0.2, 0) is 0 Å². The van der Waals surface area contributed by atoms with Crippen molar-refractivity contribution in [1.82, 2.24) is 9.66 Å². The highest BCUT2D eigenvalue weighted by Gasteiger charge is 2.22. The van der Waals surface area contributed by atoms with E-state index in [1.165, 1.54) is 6.20 Å². The number of piperazine rings is 1. The standard InChI is InChI=1S/C21H24N6O3/c1-24(2)27-13-15(21(29)30)20(28)14-11-16(22)18(12-17(14)27)25-7-9-26(10-8-25)19-5-3-4-6-23-19/h3-6,11-13H,7-10,22H2,1-2H3,(H,29,30). The van der Waals surface area contributed by atoms with E-state index in [2.05, 4.69) is 14.8 Å². The van der Waals surface area contributed by atoms with Crippen LogP contribution in [-0.4, -0.2) is 61.0 Å². The highest BCUT2D eigenvalue weighted by Crippen LogP contribution is 2.29. The number of fused-ring (bicyclic) bond motifs is 1. The van der Waals surface area contributed by atoms with Gasteiger partial charge in [-0.15, -0.1) is 0 Å². The molecule has 3 aromatic rings. The quantitative estimate of drug-likeness (QED) is 0.620. The number of pyridine rings is 2. The molecule has 9 heteroatoms. The third-order valence-corrected chi connectivity index (χ3v) is 5.39. The van der Waals surface area contributed by atoms with Gasteiger partial charge in [-0.3, -0.25) is 9.47 Å². The average Bonchev–Trinajstić information content (AvgIpc) is 2.74. The number of carbonyl (C=O) groups is 1. The number of nitrogen functional groups attached to an aromatic ring is 1. The van der Waals surface area contributed by atoms with Crippen molar-refractivity contribution in [2.24, 2.45) is 0 Å². The molecule has 4 rings (SSSR count). The second-order valence-electron chi connectivity index (χ2n) is 7.46. The monoisotopic (exact) mass is 408 g/mol. The lowest BCUT2D eigenvalue weighted by molar-refractivity contribution is 0.0695. The number of hydrogen-bond donors (Lipinski definition) is 2. The van der Waals surface area contributed by atoms with Gasteiger partial charge in [-0.2, -0.15) is 0 Å². The molecule has 0 saturated carbocycles. The number of hydrogen-bond acceptors (Lipinski definition) is 7. The summed E-state index contributed by atoms with van der Waals surface area (Å²) in [6, 6.07) is 9.33. The first-order chi connectivity index (χ1) is 14.4. The first kappa shape index (κ1) is 19.6. The van der Waals surface area contributed by atoms with Gasteiger partial charge < -0.3 is 25.6 Å². The van der Waals surface area contributed by atoms with Gasteiger partial charge in [0.05, 0.1) is 22.3 Å². The van der Waals surface area contributed by atoms with Crippen molar-refractivity contribution in [3.8, 4) is 0 Å². The van der Waals surface area contributed by atoms with Gasteiger partial charge in [-0.1, -0.05) is 6.07 Å². The maximum atomic E-state index is 12.7. The Hall–Kier alpha value is -3.75. The molecular formula is C21H24N6O3. The Kier molecular flexibility index (Phi) is 4.94. The van der Waals surface area contributed by atoms with Crippen LogP contribution in [0.25, 0.3) is 10.9 Å². The average molecular weight is 408 g/mol. The SMILES string of the molecule is CN(C)n1cc(C(=O)O)c(=O)c2cc(N)c(N3CCN(c4ccccn4)CC3)cc21. The van der Waals surface area contributed by atoms with Gasteiger partial charge in [0.1, 0.15) is 11.4 Å². The van der Waals surface area contributed by atoms with Crippen LogP contribution in [0.2, 0.25) is 0 Å². The molecule has 0 unspecified atom stereocenters. The van der Waals surface area contributed by atoms with Crippen molar-refractivity contribution in [3.63, 3.8) is 0 Å². The molecule has 3 N–H and O–H groups in total. The summed E-state index contributed by atoms with van der Waals surface area (Å²) in [5.41, 5.74) is 7.40. The second kappa shape index (κ2) is 7.58. The highest BCUT2D eigenvalue weighted by atomic mass is 16.4. The van der Waals surface area contributed by atoms with Crippen molar-refractivity contribution in [2.75, 3.05) is 60.8 Å². The lowest BCUT2D eigenvalue weighted by atomic mass is 10.1. The van der Waals surface area contributed by atoms with Crippen molar-refractivity contribution in [2.45, 2.75) is 0 Å². The van der Waals surface area contributed by atoms with E-state index < -0.39 is 11.4 Å². The predicted molar refractivity (Wildman–Crippen MR) is 118 cm³/mol. The van der Waals surface area contributed by atoms with E-state index in [4.69, 9.17) is 5.73 Å². The van der Waals surface area contributed by atoms with Gasteiger partial charge in [-0.25, -0.2) is 9.78 Å². The predicted octanol–water partition coefficient (Wildman–Crippen LogP) is 1.20. The number of rotatable bonds is 4. The fraction of sp³-hybridized carbons (Fsp3) is 0.286. The van der Waals surface area contributed by atoms with E-state index in [0.29, 0.717) is 11.2 Å². The van der Waals surface area contributed by atoms with Gasteiger partial charge in [-0.05, 0) is 24.3 Å². The lowest BCUT2D eigenvalue weighted by Crippen LogP contribution is -2.47. The molecule has 1 aliphatic heterocycles. The summed E-state index contributed by atoms with van der Waals surface area (Å²) >= 11 is 0. The van der Waals surface area contributed by atoms with E-state index in [9.17, 15) is 14.7 Å². The van der Waals surface area contributed by atoms with Crippen LogP contribution in [0.5, 0.6) is 0 Å². The van der Waals surface area contributed by atoms with Crippen LogP contribution < -0.4 is 26.0 Å². The molecule has 0 spiro atoms. The molecular weight excluding hydrogens is 384 g/mol. The van der Waals surface area contributed by atoms with Gasteiger partial charge >= 0.3 is 5.97 Å². The van der Waals surface area contributed by atoms with Crippen LogP contribution in [0.1, 0.15) is 10.4 Å². The van der Waals surface area contributed by atoms with Gasteiger partial charge in [0, 0.05) is 52.7 Å². The van der Waals surface area contributed by atoms with Crippen LogP contribution in [0, 0.1) is 0 Å². The summed E-state index contributed by atoms with van der Waals surface area (Å²) in [6.07, 6.45) is 3.14. The number of aromatic nitrogens is 2. The normalized spacial score (nSPS) is 14.2. The summed E-state index contributed by atoms with van der Waals surface area (Å²) in [6.45, 7) is 3.11. The van der Waals surface area contributed by atoms with Gasteiger partial charge in [0.25, 0.3) is 0 Å². The summed E-state index contributed by atoms with van der Waals surface area (Å²) < 4.78 is 1.66. The van der Waals surface area contributed by atoms with Crippen molar-refractivity contribution in [3.05, 3.63) is 58.5 Å². The molecule has 0 amide bonds. The molecule has 1 saturated heterocycles. The van der Waals surface area contributed by atoms with E-state index in [0.717, 1.165) is 37.7 Å². The Morgan fingerprint density at radius 3 is 2.43 bits per heavy atom. The number of nitrogens with two attached hydrogens (primary N) is 1. The van der Waals surface area contributed by atoms with E-state index in [1.54, 1.807) is 36.0 Å². The largest absolute Gasteiger partial charge is 0.477 e. The highest BCUT2D eigenvalue weighted by molar-refractivity contribution is 5.96. The minimum absolute atomic E-state index is 0.285. The number of aromatic carboxylic acids is 1. The third-order valence-electron chi connectivity index (χ3n) is 5.39. The molecule has 30 heavy (non-hydrogen) atoms. The molecule has 9 nitrogen and oxygen atoms in total. The number of carboxylic acids is 1.